The molecule has 1 fully saturated rings. The van der Waals surface area contributed by atoms with Crippen LogP contribution in [0.3, 0.4) is 0 Å². The molecule has 0 saturated heterocycles. The van der Waals surface area contributed by atoms with Crippen molar-refractivity contribution in [3.63, 3.8) is 0 Å². The fourth-order valence-corrected chi connectivity index (χ4v) is 1.54. The highest BCUT2D eigenvalue weighted by molar-refractivity contribution is 5.41. The van der Waals surface area contributed by atoms with Crippen molar-refractivity contribution in [1.82, 2.24) is 9.78 Å². The minimum Gasteiger partial charge on any atom is -0.382 e. The van der Waals surface area contributed by atoms with E-state index in [0.29, 0.717) is 32.4 Å². The standard InChI is InChI=1S/C12H19N3O3/c1-17-6-7-18-5-4-15-12(16)8-11(9-13-15)14-10-2-3-10/h8-10,14H,2-7H2,1H3. The molecule has 1 heterocycles. The van der Waals surface area contributed by atoms with Crippen molar-refractivity contribution >= 4 is 5.69 Å². The molecule has 0 aliphatic heterocycles. The van der Waals surface area contributed by atoms with Gasteiger partial charge in [-0.3, -0.25) is 4.79 Å². The van der Waals surface area contributed by atoms with Crippen molar-refractivity contribution in [2.75, 3.05) is 32.2 Å². The molecule has 1 saturated carbocycles. The summed E-state index contributed by atoms with van der Waals surface area (Å²) in [4.78, 5) is 11.7. The third-order valence-corrected chi connectivity index (χ3v) is 2.70. The highest BCUT2D eigenvalue weighted by Gasteiger charge is 2.20. The van der Waals surface area contributed by atoms with E-state index in [-0.39, 0.29) is 5.56 Å². The molecule has 2 rings (SSSR count). The molecule has 1 aliphatic carbocycles. The molecule has 0 aromatic carbocycles. The maximum atomic E-state index is 11.7. The zero-order valence-corrected chi connectivity index (χ0v) is 10.6. The smallest absolute Gasteiger partial charge is 0.268 e. The number of hydrogen-bond donors (Lipinski definition) is 1. The summed E-state index contributed by atoms with van der Waals surface area (Å²) < 4.78 is 11.6. The Morgan fingerprint density at radius 2 is 2.28 bits per heavy atom. The van der Waals surface area contributed by atoms with Gasteiger partial charge in [-0.25, -0.2) is 4.68 Å². The van der Waals surface area contributed by atoms with Gasteiger partial charge in [-0.15, -0.1) is 0 Å². The van der Waals surface area contributed by atoms with Crippen molar-refractivity contribution < 1.29 is 9.47 Å². The molecule has 0 bridgehead atoms. The Morgan fingerprint density at radius 1 is 1.44 bits per heavy atom. The third kappa shape index (κ3) is 4.12. The minimum atomic E-state index is -0.101. The molecule has 0 amide bonds. The van der Waals surface area contributed by atoms with E-state index in [1.54, 1.807) is 19.4 Å². The van der Waals surface area contributed by atoms with E-state index < -0.39 is 0 Å². The van der Waals surface area contributed by atoms with Crippen LogP contribution in [0, 0.1) is 0 Å². The van der Waals surface area contributed by atoms with Crippen molar-refractivity contribution in [2.45, 2.75) is 25.4 Å². The largest absolute Gasteiger partial charge is 0.382 e. The van der Waals surface area contributed by atoms with Gasteiger partial charge < -0.3 is 14.8 Å². The van der Waals surface area contributed by atoms with Gasteiger partial charge in [0.05, 0.1) is 38.2 Å². The van der Waals surface area contributed by atoms with E-state index in [9.17, 15) is 4.79 Å². The Labute approximate surface area is 106 Å². The van der Waals surface area contributed by atoms with E-state index in [2.05, 4.69) is 10.4 Å². The quantitative estimate of drug-likeness (QED) is 0.683. The summed E-state index contributed by atoms with van der Waals surface area (Å²) in [6.07, 6.45) is 4.04. The molecule has 1 N–H and O–H groups in total. The van der Waals surface area contributed by atoms with Crippen molar-refractivity contribution in [1.29, 1.82) is 0 Å². The fraction of sp³-hybridized carbons (Fsp3) is 0.667. The van der Waals surface area contributed by atoms with Crippen LogP contribution in [0.5, 0.6) is 0 Å². The summed E-state index contributed by atoms with van der Waals surface area (Å²) >= 11 is 0. The summed E-state index contributed by atoms with van der Waals surface area (Å²) in [7, 11) is 1.63. The predicted octanol–water partition coefficient (Wildman–Crippen LogP) is 0.481. The SMILES string of the molecule is COCCOCCn1ncc(NC2CC2)cc1=O. The number of anilines is 1. The summed E-state index contributed by atoms with van der Waals surface area (Å²) in [5.74, 6) is 0. The van der Waals surface area contributed by atoms with Gasteiger partial charge in [-0.05, 0) is 12.8 Å². The van der Waals surface area contributed by atoms with Gasteiger partial charge in [0.15, 0.2) is 0 Å². The maximum absolute atomic E-state index is 11.7. The van der Waals surface area contributed by atoms with Crippen LogP contribution >= 0.6 is 0 Å². The zero-order valence-electron chi connectivity index (χ0n) is 10.6. The van der Waals surface area contributed by atoms with E-state index in [4.69, 9.17) is 9.47 Å². The number of aromatic nitrogens is 2. The van der Waals surface area contributed by atoms with E-state index in [1.165, 1.54) is 17.5 Å². The number of hydrogen-bond acceptors (Lipinski definition) is 5. The first-order chi connectivity index (χ1) is 8.79. The second-order valence-corrected chi connectivity index (χ2v) is 4.33. The number of methoxy groups -OCH3 is 1. The normalized spacial score (nSPS) is 14.7. The molecule has 1 aromatic heterocycles. The van der Waals surface area contributed by atoms with Gasteiger partial charge in [0.1, 0.15) is 0 Å². The van der Waals surface area contributed by atoms with Crippen LogP contribution in [-0.2, 0) is 16.0 Å². The van der Waals surface area contributed by atoms with E-state index in [1.807, 2.05) is 0 Å². The van der Waals surface area contributed by atoms with Crippen LogP contribution in [0.25, 0.3) is 0 Å². The highest BCUT2D eigenvalue weighted by atomic mass is 16.5. The second-order valence-electron chi connectivity index (χ2n) is 4.33. The molecule has 0 radical (unpaired) electrons. The fourth-order valence-electron chi connectivity index (χ4n) is 1.54. The monoisotopic (exact) mass is 253 g/mol. The van der Waals surface area contributed by atoms with Gasteiger partial charge in [-0.2, -0.15) is 5.10 Å². The molecule has 1 aromatic rings. The molecule has 1 aliphatic rings. The number of ether oxygens (including phenoxy) is 2. The van der Waals surface area contributed by atoms with Crippen LogP contribution < -0.4 is 10.9 Å². The lowest BCUT2D eigenvalue weighted by atomic mass is 10.4. The first kappa shape index (κ1) is 13.0. The topological polar surface area (TPSA) is 65.4 Å². The first-order valence-electron chi connectivity index (χ1n) is 6.20. The molecule has 0 atom stereocenters. The van der Waals surface area contributed by atoms with Crippen molar-refractivity contribution in [3.8, 4) is 0 Å². The van der Waals surface area contributed by atoms with Crippen LogP contribution in [0.15, 0.2) is 17.1 Å². The molecule has 0 spiro atoms. The van der Waals surface area contributed by atoms with Crippen LogP contribution in [0.1, 0.15) is 12.8 Å². The lowest BCUT2D eigenvalue weighted by molar-refractivity contribution is 0.0649. The van der Waals surface area contributed by atoms with Gasteiger partial charge in [-0.1, -0.05) is 0 Å². The van der Waals surface area contributed by atoms with Crippen LogP contribution in [0.4, 0.5) is 5.69 Å². The van der Waals surface area contributed by atoms with E-state index in [0.717, 1.165) is 5.69 Å². The Morgan fingerprint density at radius 3 is 2.94 bits per heavy atom. The second kappa shape index (κ2) is 6.51. The summed E-state index contributed by atoms with van der Waals surface area (Å²) in [6.45, 7) is 2.02. The Bertz CT molecular complexity index is 429. The van der Waals surface area contributed by atoms with E-state index >= 15 is 0 Å². The molecule has 0 unspecified atom stereocenters. The third-order valence-electron chi connectivity index (χ3n) is 2.70. The Balaban J connectivity index is 1.79. The zero-order chi connectivity index (χ0) is 12.8. The number of nitrogens with zero attached hydrogens (tertiary/aromatic N) is 2. The summed E-state index contributed by atoms with van der Waals surface area (Å²) in [5, 5.41) is 7.35. The van der Waals surface area contributed by atoms with Gasteiger partial charge in [0.25, 0.3) is 5.56 Å². The first-order valence-corrected chi connectivity index (χ1v) is 6.20. The Hall–Kier alpha value is -1.40. The molecular formula is C12H19N3O3. The number of nitrogens with one attached hydrogen (secondary N) is 1. The molecule has 100 valence electrons. The van der Waals surface area contributed by atoms with Crippen LogP contribution in [0.2, 0.25) is 0 Å². The molecular weight excluding hydrogens is 234 g/mol. The number of rotatable bonds is 8. The molecule has 6 heteroatoms. The maximum Gasteiger partial charge on any atom is 0.268 e. The average molecular weight is 253 g/mol. The molecule has 6 nitrogen and oxygen atoms in total. The van der Waals surface area contributed by atoms with Gasteiger partial charge in [0, 0.05) is 19.2 Å². The van der Waals surface area contributed by atoms with Crippen molar-refractivity contribution in [2.24, 2.45) is 0 Å². The summed E-state index contributed by atoms with van der Waals surface area (Å²) in [5.41, 5.74) is 0.704. The summed E-state index contributed by atoms with van der Waals surface area (Å²) in [6, 6.07) is 2.11. The average Bonchev–Trinajstić information content (AvgIpc) is 3.15. The lowest BCUT2D eigenvalue weighted by Gasteiger charge is -2.07. The molecule has 18 heavy (non-hydrogen) atoms. The highest BCUT2D eigenvalue weighted by Crippen LogP contribution is 2.23. The lowest BCUT2D eigenvalue weighted by Crippen LogP contribution is -2.25. The predicted molar refractivity (Wildman–Crippen MR) is 67.8 cm³/mol. The van der Waals surface area contributed by atoms with Crippen molar-refractivity contribution in [3.05, 3.63) is 22.6 Å². The van der Waals surface area contributed by atoms with Gasteiger partial charge in [0.2, 0.25) is 0 Å². The van der Waals surface area contributed by atoms with Gasteiger partial charge >= 0.3 is 0 Å². The minimum absolute atomic E-state index is 0.101. The van der Waals surface area contributed by atoms with Crippen LogP contribution in [-0.4, -0.2) is 42.8 Å². The Kier molecular flexibility index (Phi) is 4.72.